The van der Waals surface area contributed by atoms with Gasteiger partial charge >= 0.3 is 0 Å². The van der Waals surface area contributed by atoms with E-state index in [2.05, 4.69) is 0 Å². The van der Waals surface area contributed by atoms with Gasteiger partial charge in [0.2, 0.25) is 0 Å². The number of fused-ring (bicyclic) bond motifs is 1. The first-order valence-electron chi connectivity index (χ1n) is 4.52. The van der Waals surface area contributed by atoms with Crippen LogP contribution in [0.2, 0.25) is 0 Å². The normalized spacial score (nSPS) is 38.4. The van der Waals surface area contributed by atoms with Crippen molar-refractivity contribution >= 4 is 17.5 Å². The quantitative estimate of drug-likeness (QED) is 0.554. The third kappa shape index (κ3) is 1.46. The lowest BCUT2D eigenvalue weighted by Crippen LogP contribution is -2.33. The van der Waals surface area contributed by atoms with Crippen molar-refractivity contribution < 1.29 is 4.79 Å². The van der Waals surface area contributed by atoms with E-state index in [1.54, 1.807) is 0 Å². The van der Waals surface area contributed by atoms with E-state index in [1.165, 1.54) is 25.0 Å². The van der Waals surface area contributed by atoms with Gasteiger partial charge in [-0.1, -0.05) is 0 Å². The SMILES string of the molecule is O=C1CCCC2CCCSC12. The molecule has 2 atom stereocenters. The van der Waals surface area contributed by atoms with E-state index < -0.39 is 0 Å². The van der Waals surface area contributed by atoms with Crippen LogP contribution in [0, 0.1) is 5.92 Å². The molecule has 62 valence electrons. The highest BCUT2D eigenvalue weighted by Gasteiger charge is 2.33. The largest absolute Gasteiger partial charge is 0.298 e. The molecule has 0 aromatic rings. The minimum atomic E-state index is 0.400. The van der Waals surface area contributed by atoms with Crippen LogP contribution in [-0.2, 0) is 4.79 Å². The topological polar surface area (TPSA) is 17.1 Å². The second kappa shape index (κ2) is 3.18. The summed E-state index contributed by atoms with van der Waals surface area (Å²) < 4.78 is 0. The average molecular weight is 170 g/mol. The molecule has 1 aliphatic heterocycles. The molecule has 1 nitrogen and oxygen atoms in total. The summed E-state index contributed by atoms with van der Waals surface area (Å²) in [5.41, 5.74) is 0. The van der Waals surface area contributed by atoms with Crippen LogP contribution in [0.25, 0.3) is 0 Å². The predicted octanol–water partition coefficient (Wildman–Crippen LogP) is 2.25. The lowest BCUT2D eigenvalue weighted by molar-refractivity contribution is -0.121. The number of rotatable bonds is 0. The monoisotopic (exact) mass is 170 g/mol. The number of ketones is 1. The molecule has 0 bridgehead atoms. The van der Waals surface area contributed by atoms with E-state index >= 15 is 0 Å². The number of hydrogen-bond acceptors (Lipinski definition) is 2. The average Bonchev–Trinajstić information content (AvgIpc) is 2.06. The van der Waals surface area contributed by atoms with E-state index in [0.717, 1.165) is 18.8 Å². The molecule has 1 aliphatic carbocycles. The summed E-state index contributed by atoms with van der Waals surface area (Å²) in [5, 5.41) is 0.400. The van der Waals surface area contributed by atoms with Crippen molar-refractivity contribution in [1.82, 2.24) is 0 Å². The Kier molecular flexibility index (Phi) is 2.21. The molecular weight excluding hydrogens is 156 g/mol. The van der Waals surface area contributed by atoms with Crippen molar-refractivity contribution in [3.05, 3.63) is 0 Å². The van der Waals surface area contributed by atoms with Crippen molar-refractivity contribution in [3.63, 3.8) is 0 Å². The minimum Gasteiger partial charge on any atom is -0.298 e. The highest BCUT2D eigenvalue weighted by molar-refractivity contribution is 8.00. The highest BCUT2D eigenvalue weighted by atomic mass is 32.2. The van der Waals surface area contributed by atoms with Crippen LogP contribution in [0.5, 0.6) is 0 Å². The van der Waals surface area contributed by atoms with Crippen LogP contribution >= 0.6 is 11.8 Å². The summed E-state index contributed by atoms with van der Waals surface area (Å²) in [7, 11) is 0. The third-order valence-corrected chi connectivity index (χ3v) is 4.29. The molecule has 2 aliphatic rings. The maximum absolute atomic E-state index is 11.4. The van der Waals surface area contributed by atoms with Crippen molar-refractivity contribution in [1.29, 1.82) is 0 Å². The lowest BCUT2D eigenvalue weighted by Gasteiger charge is -2.33. The van der Waals surface area contributed by atoms with Gasteiger partial charge in [0, 0.05) is 6.42 Å². The van der Waals surface area contributed by atoms with E-state index in [9.17, 15) is 4.79 Å². The van der Waals surface area contributed by atoms with Crippen molar-refractivity contribution in [2.75, 3.05) is 5.75 Å². The van der Waals surface area contributed by atoms with Crippen molar-refractivity contribution in [2.24, 2.45) is 5.92 Å². The van der Waals surface area contributed by atoms with Crippen molar-refractivity contribution in [2.45, 2.75) is 37.4 Å². The molecule has 2 fully saturated rings. The van der Waals surface area contributed by atoms with E-state index in [0.29, 0.717) is 11.0 Å². The Morgan fingerprint density at radius 2 is 2.09 bits per heavy atom. The van der Waals surface area contributed by atoms with E-state index in [1.807, 2.05) is 11.8 Å². The first-order valence-corrected chi connectivity index (χ1v) is 5.57. The standard InChI is InChI=1S/C9H14OS/c10-8-5-1-3-7-4-2-6-11-9(7)8/h7,9H,1-6H2. The van der Waals surface area contributed by atoms with Gasteiger partial charge in [0.1, 0.15) is 5.78 Å². The zero-order chi connectivity index (χ0) is 7.68. The summed E-state index contributed by atoms with van der Waals surface area (Å²) in [6.45, 7) is 0. The summed E-state index contributed by atoms with van der Waals surface area (Å²) in [6.07, 6.45) is 5.96. The summed E-state index contributed by atoms with van der Waals surface area (Å²) in [4.78, 5) is 11.4. The van der Waals surface area contributed by atoms with Gasteiger partial charge in [-0.15, -0.1) is 0 Å². The molecule has 2 rings (SSSR count). The molecule has 1 saturated carbocycles. The number of thioether (sulfide) groups is 1. The van der Waals surface area contributed by atoms with E-state index in [-0.39, 0.29) is 0 Å². The number of carbonyl (C=O) groups excluding carboxylic acids is 1. The maximum atomic E-state index is 11.4. The fourth-order valence-electron chi connectivity index (χ4n) is 2.18. The molecule has 1 heterocycles. The molecule has 0 N–H and O–H groups in total. The first kappa shape index (κ1) is 7.66. The first-order chi connectivity index (χ1) is 5.38. The molecule has 0 radical (unpaired) electrons. The molecule has 2 heteroatoms. The second-order valence-corrected chi connectivity index (χ2v) is 4.80. The number of hydrogen-bond donors (Lipinski definition) is 0. The van der Waals surface area contributed by atoms with Gasteiger partial charge in [-0.25, -0.2) is 0 Å². The zero-order valence-electron chi connectivity index (χ0n) is 6.71. The van der Waals surface area contributed by atoms with Crippen LogP contribution in [0.3, 0.4) is 0 Å². The van der Waals surface area contributed by atoms with Crippen LogP contribution < -0.4 is 0 Å². The van der Waals surface area contributed by atoms with Crippen LogP contribution in [0.15, 0.2) is 0 Å². The molecule has 11 heavy (non-hydrogen) atoms. The molecule has 2 unspecified atom stereocenters. The molecule has 0 spiro atoms. The number of carbonyl (C=O) groups is 1. The zero-order valence-corrected chi connectivity index (χ0v) is 7.53. The van der Waals surface area contributed by atoms with Crippen LogP contribution in [0.4, 0.5) is 0 Å². The molecule has 1 saturated heterocycles. The lowest BCUT2D eigenvalue weighted by atomic mass is 9.84. The Morgan fingerprint density at radius 1 is 1.27 bits per heavy atom. The smallest absolute Gasteiger partial charge is 0.146 e. The van der Waals surface area contributed by atoms with Gasteiger partial charge in [0.05, 0.1) is 5.25 Å². The van der Waals surface area contributed by atoms with Gasteiger partial charge in [0.25, 0.3) is 0 Å². The predicted molar refractivity (Wildman–Crippen MR) is 47.8 cm³/mol. The third-order valence-electron chi connectivity index (χ3n) is 2.76. The molecular formula is C9H14OS. The summed E-state index contributed by atoms with van der Waals surface area (Å²) >= 11 is 1.91. The van der Waals surface area contributed by atoms with Gasteiger partial charge in [-0.3, -0.25) is 4.79 Å². The van der Waals surface area contributed by atoms with Gasteiger partial charge in [0.15, 0.2) is 0 Å². The summed E-state index contributed by atoms with van der Waals surface area (Å²) in [5.74, 6) is 2.49. The maximum Gasteiger partial charge on any atom is 0.146 e. The Hall–Kier alpha value is 0.0200. The summed E-state index contributed by atoms with van der Waals surface area (Å²) in [6, 6.07) is 0. The Bertz CT molecular complexity index is 165. The van der Waals surface area contributed by atoms with Crippen LogP contribution in [-0.4, -0.2) is 16.8 Å². The van der Waals surface area contributed by atoms with Crippen molar-refractivity contribution in [3.8, 4) is 0 Å². The minimum absolute atomic E-state index is 0.400. The number of Topliss-reactive ketones (excluding diaryl/α,β-unsaturated/α-hetero) is 1. The Labute approximate surface area is 71.9 Å². The fraction of sp³-hybridized carbons (Fsp3) is 0.889. The molecule has 0 aromatic carbocycles. The molecule has 0 amide bonds. The molecule has 0 aromatic heterocycles. The Balaban J connectivity index is 2.05. The van der Waals surface area contributed by atoms with Gasteiger partial charge in [-0.05, 0) is 37.4 Å². The van der Waals surface area contributed by atoms with Gasteiger partial charge in [-0.2, -0.15) is 11.8 Å². The van der Waals surface area contributed by atoms with Gasteiger partial charge < -0.3 is 0 Å². The fourth-order valence-corrected chi connectivity index (χ4v) is 3.61. The van der Waals surface area contributed by atoms with Crippen LogP contribution in [0.1, 0.15) is 32.1 Å². The second-order valence-electron chi connectivity index (χ2n) is 3.55. The van der Waals surface area contributed by atoms with E-state index in [4.69, 9.17) is 0 Å². The highest BCUT2D eigenvalue weighted by Crippen LogP contribution is 2.38. The Morgan fingerprint density at radius 3 is 2.91 bits per heavy atom.